The molecular formula is C20H27NOS. The maximum atomic E-state index is 13.3. The fourth-order valence-electron chi connectivity index (χ4n) is 6.62. The fourth-order valence-corrected chi connectivity index (χ4v) is 7.52. The summed E-state index contributed by atoms with van der Waals surface area (Å²) in [6.45, 7) is 1.83. The van der Waals surface area contributed by atoms with E-state index in [0.29, 0.717) is 18.4 Å². The number of Topliss-reactive ketones (excluding diaryl/α,β-unsaturated/α-hetero) is 1. The van der Waals surface area contributed by atoms with Crippen LogP contribution in [0.25, 0.3) is 0 Å². The molecule has 4 aliphatic carbocycles. The lowest BCUT2D eigenvalue weighted by atomic mass is 9.48. The van der Waals surface area contributed by atoms with Gasteiger partial charge in [-0.15, -0.1) is 11.3 Å². The normalized spacial score (nSPS) is 42.4. The zero-order valence-corrected chi connectivity index (χ0v) is 14.7. The Bertz CT molecular complexity index is 558. The summed E-state index contributed by atoms with van der Waals surface area (Å²) in [7, 11) is 0. The molecule has 4 saturated carbocycles. The number of rotatable bonds is 4. The molecule has 1 saturated heterocycles. The molecule has 0 N–H and O–H groups in total. The van der Waals surface area contributed by atoms with Gasteiger partial charge in [0.1, 0.15) is 0 Å². The van der Waals surface area contributed by atoms with Gasteiger partial charge >= 0.3 is 0 Å². The molecule has 23 heavy (non-hydrogen) atoms. The van der Waals surface area contributed by atoms with E-state index in [2.05, 4.69) is 22.4 Å². The predicted molar refractivity (Wildman–Crippen MR) is 93.5 cm³/mol. The van der Waals surface area contributed by atoms with Crippen molar-refractivity contribution >= 4 is 17.1 Å². The molecule has 0 amide bonds. The molecule has 1 aromatic rings. The van der Waals surface area contributed by atoms with Crippen molar-refractivity contribution in [2.45, 2.75) is 57.4 Å². The van der Waals surface area contributed by atoms with E-state index < -0.39 is 0 Å². The van der Waals surface area contributed by atoms with E-state index in [1.807, 2.05) is 11.3 Å². The third-order valence-electron chi connectivity index (χ3n) is 7.21. The van der Waals surface area contributed by atoms with Crippen molar-refractivity contribution in [2.24, 2.45) is 23.2 Å². The van der Waals surface area contributed by atoms with Gasteiger partial charge in [-0.2, -0.15) is 0 Å². The van der Waals surface area contributed by atoms with E-state index in [0.717, 1.165) is 24.3 Å². The Labute approximate surface area is 143 Å². The Balaban J connectivity index is 1.33. The molecule has 0 spiro atoms. The second-order valence-corrected chi connectivity index (χ2v) is 9.74. The van der Waals surface area contributed by atoms with Crippen LogP contribution in [-0.2, 0) is 4.79 Å². The van der Waals surface area contributed by atoms with Crippen molar-refractivity contribution in [3.63, 3.8) is 0 Å². The van der Waals surface area contributed by atoms with Crippen LogP contribution in [0.2, 0.25) is 0 Å². The molecule has 2 heterocycles. The highest BCUT2D eigenvalue weighted by Gasteiger charge is 2.54. The standard InChI is InChI=1S/C20H27NOS/c22-19(13-21-5-1-3-17(21)18-4-2-6-23-18)20-10-14-7-15(11-20)9-16(8-14)12-20/h2,4,6,14-17H,1,3,5,7-13H2/t14?,15?,16?,17-,20?/m1/s1. The van der Waals surface area contributed by atoms with Gasteiger partial charge in [0.05, 0.1) is 6.54 Å². The lowest BCUT2D eigenvalue weighted by Gasteiger charge is -2.56. The Morgan fingerprint density at radius 2 is 1.87 bits per heavy atom. The van der Waals surface area contributed by atoms with Gasteiger partial charge in [-0.25, -0.2) is 0 Å². The quantitative estimate of drug-likeness (QED) is 0.800. The lowest BCUT2D eigenvalue weighted by Crippen LogP contribution is -2.52. The maximum absolute atomic E-state index is 13.3. The summed E-state index contributed by atoms with van der Waals surface area (Å²) in [5.41, 5.74) is 0.0807. The molecule has 0 radical (unpaired) electrons. The summed E-state index contributed by atoms with van der Waals surface area (Å²) < 4.78 is 0. The van der Waals surface area contributed by atoms with Crippen LogP contribution in [0.3, 0.4) is 0 Å². The molecule has 3 heteroatoms. The number of carbonyl (C=O) groups excluding carboxylic acids is 1. The molecule has 124 valence electrons. The minimum Gasteiger partial charge on any atom is -0.298 e. The summed E-state index contributed by atoms with van der Waals surface area (Å²) in [5, 5.41) is 2.17. The van der Waals surface area contributed by atoms with E-state index in [9.17, 15) is 4.79 Å². The molecule has 1 aliphatic heterocycles. The first-order valence-electron chi connectivity index (χ1n) is 9.53. The molecule has 1 aromatic heterocycles. The van der Waals surface area contributed by atoms with E-state index in [1.165, 1.54) is 56.2 Å². The Hall–Kier alpha value is -0.670. The van der Waals surface area contributed by atoms with Gasteiger partial charge in [0, 0.05) is 16.3 Å². The SMILES string of the molecule is O=C(CN1CCC[C@@H]1c1cccs1)C12CC3CC(CC(C3)C1)C2. The van der Waals surface area contributed by atoms with Gasteiger partial charge in [-0.3, -0.25) is 9.69 Å². The van der Waals surface area contributed by atoms with Crippen LogP contribution in [0, 0.1) is 23.2 Å². The highest BCUT2D eigenvalue weighted by molar-refractivity contribution is 7.10. The Morgan fingerprint density at radius 3 is 2.48 bits per heavy atom. The first-order chi connectivity index (χ1) is 11.2. The molecule has 1 atom stereocenters. The first-order valence-corrected chi connectivity index (χ1v) is 10.4. The molecule has 6 rings (SSSR count). The molecule has 0 unspecified atom stereocenters. The van der Waals surface area contributed by atoms with Gasteiger partial charge in [0.15, 0.2) is 5.78 Å². The van der Waals surface area contributed by atoms with E-state index in [-0.39, 0.29) is 5.41 Å². The zero-order valence-electron chi connectivity index (χ0n) is 13.9. The van der Waals surface area contributed by atoms with Gasteiger partial charge in [-0.1, -0.05) is 6.07 Å². The first kappa shape index (κ1) is 14.7. The minimum atomic E-state index is 0.0807. The number of nitrogens with zero attached hydrogens (tertiary/aromatic N) is 1. The number of thiophene rings is 1. The zero-order chi connectivity index (χ0) is 15.4. The van der Waals surface area contributed by atoms with Crippen LogP contribution in [0.5, 0.6) is 0 Å². The van der Waals surface area contributed by atoms with Crippen LogP contribution in [0.15, 0.2) is 17.5 Å². The number of hydrogen-bond acceptors (Lipinski definition) is 3. The van der Waals surface area contributed by atoms with Gasteiger partial charge in [-0.05, 0) is 87.1 Å². The Morgan fingerprint density at radius 1 is 1.17 bits per heavy atom. The summed E-state index contributed by atoms with van der Waals surface area (Å²) >= 11 is 1.86. The monoisotopic (exact) mass is 329 g/mol. The van der Waals surface area contributed by atoms with Crippen LogP contribution < -0.4 is 0 Å². The maximum Gasteiger partial charge on any atom is 0.153 e. The summed E-state index contributed by atoms with van der Waals surface area (Å²) in [5.74, 6) is 3.21. The summed E-state index contributed by atoms with van der Waals surface area (Å²) in [6, 6.07) is 4.91. The van der Waals surface area contributed by atoms with Crippen molar-refractivity contribution in [1.82, 2.24) is 4.90 Å². The molecule has 4 bridgehead atoms. The largest absolute Gasteiger partial charge is 0.298 e. The molecule has 0 aromatic carbocycles. The smallest absolute Gasteiger partial charge is 0.153 e. The van der Waals surface area contributed by atoms with Crippen molar-refractivity contribution in [3.05, 3.63) is 22.4 Å². The third-order valence-corrected chi connectivity index (χ3v) is 8.19. The molecule has 5 aliphatic rings. The van der Waals surface area contributed by atoms with Crippen LogP contribution in [0.4, 0.5) is 0 Å². The molecule has 2 nitrogen and oxygen atoms in total. The average Bonchev–Trinajstić information content (AvgIpc) is 3.16. The van der Waals surface area contributed by atoms with Crippen LogP contribution >= 0.6 is 11.3 Å². The third kappa shape index (κ3) is 2.42. The van der Waals surface area contributed by atoms with Crippen LogP contribution in [0.1, 0.15) is 62.3 Å². The van der Waals surface area contributed by atoms with Gasteiger partial charge < -0.3 is 0 Å². The number of carbonyl (C=O) groups is 1. The van der Waals surface area contributed by atoms with Crippen molar-refractivity contribution in [2.75, 3.05) is 13.1 Å². The van der Waals surface area contributed by atoms with Gasteiger partial charge in [0.25, 0.3) is 0 Å². The van der Waals surface area contributed by atoms with E-state index in [4.69, 9.17) is 0 Å². The van der Waals surface area contributed by atoms with E-state index in [1.54, 1.807) is 0 Å². The minimum absolute atomic E-state index is 0.0807. The lowest BCUT2D eigenvalue weighted by molar-refractivity contribution is -0.145. The topological polar surface area (TPSA) is 20.3 Å². The highest BCUT2D eigenvalue weighted by Crippen LogP contribution is 2.60. The van der Waals surface area contributed by atoms with Gasteiger partial charge in [0.2, 0.25) is 0 Å². The van der Waals surface area contributed by atoms with Crippen molar-refractivity contribution in [3.8, 4) is 0 Å². The van der Waals surface area contributed by atoms with Crippen LogP contribution in [-0.4, -0.2) is 23.8 Å². The van der Waals surface area contributed by atoms with Crippen molar-refractivity contribution in [1.29, 1.82) is 0 Å². The summed E-state index contributed by atoms with van der Waals surface area (Å²) in [4.78, 5) is 17.3. The molecule has 5 fully saturated rings. The number of ketones is 1. The summed E-state index contributed by atoms with van der Waals surface area (Å²) in [6.07, 6.45) is 10.4. The highest BCUT2D eigenvalue weighted by atomic mass is 32.1. The van der Waals surface area contributed by atoms with E-state index >= 15 is 0 Å². The fraction of sp³-hybridized carbons (Fsp3) is 0.750. The average molecular weight is 330 g/mol. The number of likely N-dealkylation sites (tertiary alicyclic amines) is 1. The number of hydrogen-bond donors (Lipinski definition) is 0. The molecular weight excluding hydrogens is 302 g/mol. The predicted octanol–water partition coefficient (Wildman–Crippen LogP) is 4.67. The second kappa shape index (κ2) is 5.42. The second-order valence-electron chi connectivity index (χ2n) is 8.76. The Kier molecular flexibility index (Phi) is 3.45. The van der Waals surface area contributed by atoms with Crippen molar-refractivity contribution < 1.29 is 4.79 Å².